The van der Waals surface area contributed by atoms with Crippen molar-refractivity contribution in [3.05, 3.63) is 42.5 Å². The van der Waals surface area contributed by atoms with Crippen molar-refractivity contribution < 1.29 is 19.0 Å². The van der Waals surface area contributed by atoms with E-state index < -0.39 is 12.0 Å². The Morgan fingerprint density at radius 2 is 1.83 bits per heavy atom. The average Bonchev–Trinajstić information content (AvgIpc) is 3.55. The molecule has 0 spiro atoms. The zero-order chi connectivity index (χ0) is 29.8. The summed E-state index contributed by atoms with van der Waals surface area (Å²) in [6, 6.07) is 8.26. The molecule has 2 aliphatic heterocycles. The van der Waals surface area contributed by atoms with Gasteiger partial charge in [-0.3, -0.25) is 4.57 Å². The van der Waals surface area contributed by atoms with Gasteiger partial charge in [-0.25, -0.2) is 19.7 Å². The standard InChI is InChI=1S/C30H42N8O4/c1-29(2,3)18-7-9-19(10-8-18)36-28(39)32-13-17-11-20(12-17)37(6)14-21-23-24(42-30(4,5)41-23)27(40-21)38-16-35-22-25(31)33-15-34-26(22)38/h7-10,15-17,20-21,23-24,27H,11-14H2,1-6H3,(H2,31,33,34)(H2,32,36,39)/t17?,20?,21-,23-,24-,27?/m1/s1. The van der Waals surface area contributed by atoms with Gasteiger partial charge in [-0.05, 0) is 62.8 Å². The summed E-state index contributed by atoms with van der Waals surface area (Å²) in [7, 11) is 2.12. The van der Waals surface area contributed by atoms with Crippen LogP contribution in [0, 0.1) is 5.92 Å². The Hall–Kier alpha value is -3.32. The smallest absolute Gasteiger partial charge is 0.319 e. The first-order chi connectivity index (χ1) is 19.9. The molecule has 1 unspecified atom stereocenters. The van der Waals surface area contributed by atoms with Crippen molar-refractivity contribution in [2.24, 2.45) is 5.92 Å². The third-order valence-electron chi connectivity index (χ3n) is 8.65. The first-order valence-corrected chi connectivity index (χ1v) is 14.7. The fourth-order valence-corrected chi connectivity index (χ4v) is 6.21. The van der Waals surface area contributed by atoms with Crippen LogP contribution in [0.1, 0.15) is 59.3 Å². The molecule has 3 fully saturated rings. The molecular formula is C30H42N8O4. The second-order valence-corrected chi connectivity index (χ2v) is 13.3. The molecule has 12 nitrogen and oxygen atoms in total. The van der Waals surface area contributed by atoms with Gasteiger partial charge in [-0.1, -0.05) is 32.9 Å². The Morgan fingerprint density at radius 1 is 1.12 bits per heavy atom. The van der Waals surface area contributed by atoms with E-state index in [2.05, 4.69) is 70.4 Å². The zero-order valence-corrected chi connectivity index (χ0v) is 25.2. The number of benzene rings is 1. The fraction of sp³-hybridized carbons (Fsp3) is 0.600. The minimum absolute atomic E-state index is 0.0793. The van der Waals surface area contributed by atoms with Gasteiger partial charge in [-0.2, -0.15) is 0 Å². The molecule has 1 aromatic carbocycles. The molecule has 42 heavy (non-hydrogen) atoms. The Bertz CT molecular complexity index is 1430. The van der Waals surface area contributed by atoms with E-state index in [1.165, 1.54) is 11.9 Å². The fourth-order valence-electron chi connectivity index (χ4n) is 6.21. The number of anilines is 2. The number of rotatable bonds is 7. The van der Waals surface area contributed by atoms with E-state index in [1.54, 1.807) is 6.33 Å². The number of nitrogen functional groups attached to an aromatic ring is 1. The molecule has 6 rings (SSSR count). The lowest BCUT2D eigenvalue weighted by Gasteiger charge is -2.42. The van der Waals surface area contributed by atoms with E-state index in [9.17, 15) is 4.79 Å². The summed E-state index contributed by atoms with van der Waals surface area (Å²) in [6.45, 7) is 11.7. The van der Waals surface area contributed by atoms with Crippen molar-refractivity contribution in [2.45, 2.75) is 89.2 Å². The van der Waals surface area contributed by atoms with Crippen molar-refractivity contribution in [3.8, 4) is 0 Å². The summed E-state index contributed by atoms with van der Waals surface area (Å²) >= 11 is 0. The van der Waals surface area contributed by atoms with Gasteiger partial charge >= 0.3 is 6.03 Å². The third-order valence-corrected chi connectivity index (χ3v) is 8.65. The predicted octanol–water partition coefficient (Wildman–Crippen LogP) is 3.66. The highest BCUT2D eigenvalue weighted by Crippen LogP contribution is 2.44. The number of likely N-dealkylation sites (N-methyl/N-ethyl adjacent to an activating group) is 1. The summed E-state index contributed by atoms with van der Waals surface area (Å²) in [5.41, 5.74) is 9.26. The van der Waals surface area contributed by atoms with Crippen LogP contribution in [0.5, 0.6) is 0 Å². The normalized spacial score (nSPS) is 28.5. The molecule has 3 aromatic rings. The van der Waals surface area contributed by atoms with E-state index in [0.29, 0.717) is 42.0 Å². The molecule has 1 aliphatic carbocycles. The van der Waals surface area contributed by atoms with Crippen molar-refractivity contribution in [1.82, 2.24) is 29.7 Å². The summed E-state index contributed by atoms with van der Waals surface area (Å²) in [4.78, 5) is 27.7. The molecule has 1 saturated carbocycles. The first-order valence-electron chi connectivity index (χ1n) is 14.7. The quantitative estimate of drug-likeness (QED) is 0.383. The largest absolute Gasteiger partial charge is 0.382 e. The van der Waals surface area contributed by atoms with Crippen LogP contribution in [-0.2, 0) is 19.6 Å². The average molecular weight is 579 g/mol. The molecule has 4 heterocycles. The number of hydrogen-bond acceptors (Lipinski definition) is 9. The van der Waals surface area contributed by atoms with Crippen LogP contribution in [0.4, 0.5) is 16.3 Å². The van der Waals surface area contributed by atoms with Gasteiger partial charge in [0.1, 0.15) is 30.2 Å². The maximum Gasteiger partial charge on any atom is 0.319 e. The third kappa shape index (κ3) is 5.68. The molecule has 226 valence electrons. The maximum atomic E-state index is 12.5. The second-order valence-electron chi connectivity index (χ2n) is 13.3. The van der Waals surface area contributed by atoms with Crippen molar-refractivity contribution in [1.29, 1.82) is 0 Å². The van der Waals surface area contributed by atoms with Gasteiger partial charge in [0, 0.05) is 24.8 Å². The number of carbonyl (C=O) groups is 1. The summed E-state index contributed by atoms with van der Waals surface area (Å²) in [5.74, 6) is 0.0415. The number of carbonyl (C=O) groups excluding carboxylic acids is 1. The highest BCUT2D eigenvalue weighted by atomic mass is 16.8. The molecule has 2 aromatic heterocycles. The van der Waals surface area contributed by atoms with E-state index in [4.69, 9.17) is 19.9 Å². The highest BCUT2D eigenvalue weighted by Gasteiger charge is 2.56. The van der Waals surface area contributed by atoms with Gasteiger partial charge in [0.05, 0.1) is 6.33 Å². The number of fused-ring (bicyclic) bond motifs is 2. The van der Waals surface area contributed by atoms with Crippen LogP contribution < -0.4 is 16.4 Å². The van der Waals surface area contributed by atoms with Crippen LogP contribution in [0.15, 0.2) is 36.9 Å². The summed E-state index contributed by atoms with van der Waals surface area (Å²) in [5, 5.41) is 5.97. The molecule has 2 saturated heterocycles. The topological polar surface area (TPSA) is 142 Å². The number of ether oxygens (including phenoxy) is 3. The molecular weight excluding hydrogens is 536 g/mol. The molecule has 2 amide bonds. The van der Waals surface area contributed by atoms with Gasteiger partial charge in [0.25, 0.3) is 0 Å². The van der Waals surface area contributed by atoms with Crippen molar-refractivity contribution in [2.75, 3.05) is 31.2 Å². The second kappa shape index (κ2) is 10.7. The molecule has 0 bridgehead atoms. The number of hydrogen-bond donors (Lipinski definition) is 3. The zero-order valence-electron chi connectivity index (χ0n) is 25.2. The van der Waals surface area contributed by atoms with Crippen LogP contribution in [0.3, 0.4) is 0 Å². The van der Waals surface area contributed by atoms with Crippen LogP contribution >= 0.6 is 0 Å². The Kier molecular flexibility index (Phi) is 7.37. The van der Waals surface area contributed by atoms with Crippen molar-refractivity contribution >= 4 is 28.7 Å². The highest BCUT2D eigenvalue weighted by molar-refractivity contribution is 5.89. The number of aromatic nitrogens is 4. The molecule has 4 N–H and O–H groups in total. The number of amides is 2. The number of nitrogens with two attached hydrogens (primary N) is 1. The minimum atomic E-state index is -0.721. The monoisotopic (exact) mass is 578 g/mol. The Balaban J connectivity index is 1.01. The number of nitrogens with one attached hydrogen (secondary N) is 2. The Morgan fingerprint density at radius 3 is 2.55 bits per heavy atom. The number of nitrogens with zero attached hydrogens (tertiary/aromatic N) is 5. The SMILES string of the molecule is CN(C[C@H]1OC(n2cnc3c(N)ncnc32)[C@@H]2OC(C)(C)O[C@H]12)C1CC(CNC(=O)Nc2ccc(C(C)(C)C)cc2)C1. The first kappa shape index (κ1) is 28.8. The van der Waals surface area contributed by atoms with E-state index >= 15 is 0 Å². The number of urea groups is 1. The lowest BCUT2D eigenvalue weighted by Crippen LogP contribution is -2.50. The van der Waals surface area contributed by atoms with Gasteiger partial charge in [0.15, 0.2) is 23.5 Å². The number of imidazole rings is 1. The summed E-state index contributed by atoms with van der Waals surface area (Å²) in [6.07, 6.45) is 3.93. The Labute approximate surface area is 246 Å². The van der Waals surface area contributed by atoms with E-state index in [1.807, 2.05) is 30.5 Å². The maximum absolute atomic E-state index is 12.5. The van der Waals surface area contributed by atoms with E-state index in [0.717, 1.165) is 18.5 Å². The van der Waals surface area contributed by atoms with Gasteiger partial charge < -0.3 is 35.5 Å². The van der Waals surface area contributed by atoms with Crippen LogP contribution in [0.25, 0.3) is 11.2 Å². The molecule has 0 radical (unpaired) electrons. The molecule has 3 aliphatic rings. The van der Waals surface area contributed by atoms with Crippen molar-refractivity contribution in [3.63, 3.8) is 0 Å². The van der Waals surface area contributed by atoms with Crippen LogP contribution in [-0.4, -0.2) is 80.7 Å². The van der Waals surface area contributed by atoms with Crippen LogP contribution in [0.2, 0.25) is 0 Å². The lowest BCUT2D eigenvalue weighted by molar-refractivity contribution is -0.198. The van der Waals surface area contributed by atoms with E-state index in [-0.39, 0.29) is 29.8 Å². The van der Waals surface area contributed by atoms with Gasteiger partial charge in [0.2, 0.25) is 0 Å². The minimum Gasteiger partial charge on any atom is -0.382 e. The van der Waals surface area contributed by atoms with Gasteiger partial charge in [-0.15, -0.1) is 0 Å². The molecule has 4 atom stereocenters. The molecule has 12 heteroatoms. The lowest BCUT2D eigenvalue weighted by atomic mass is 9.79. The predicted molar refractivity (Wildman–Crippen MR) is 159 cm³/mol. The summed E-state index contributed by atoms with van der Waals surface area (Å²) < 4.78 is 21.0.